The van der Waals surface area contributed by atoms with Gasteiger partial charge in [-0.05, 0) is 6.92 Å². The highest BCUT2D eigenvalue weighted by Crippen LogP contribution is 1.92. The third-order valence-corrected chi connectivity index (χ3v) is 3.86. The van der Waals surface area contributed by atoms with Crippen molar-refractivity contribution in [1.29, 1.82) is 0 Å². The number of thiol groups is 2. The molecule has 0 saturated heterocycles. The quantitative estimate of drug-likeness (QED) is 0.196. The lowest BCUT2D eigenvalue weighted by Crippen LogP contribution is -2.54. The van der Waals surface area contributed by atoms with Crippen molar-refractivity contribution in [2.75, 3.05) is 25.1 Å². The fourth-order valence-corrected chi connectivity index (χ4v) is 2.27. The Labute approximate surface area is 162 Å². The van der Waals surface area contributed by atoms with Crippen molar-refractivity contribution >= 4 is 54.8 Å². The van der Waals surface area contributed by atoms with Crippen molar-refractivity contribution in [3.05, 3.63) is 0 Å². The number of carbonyl (C=O) groups is 5. The second-order valence-electron chi connectivity index (χ2n) is 5.30. The molecule has 0 aromatic rings. The minimum Gasteiger partial charge on any atom is -0.357 e. The van der Waals surface area contributed by atoms with E-state index in [0.29, 0.717) is 0 Å². The molecule has 0 aromatic carbocycles. The fraction of sp³-hybridized carbons (Fsp3) is 0.643. The van der Waals surface area contributed by atoms with E-state index < -0.39 is 47.7 Å². The first kappa shape index (κ1) is 24.1. The highest BCUT2D eigenvalue weighted by molar-refractivity contribution is 7.80. The predicted octanol–water partition coefficient (Wildman–Crippen LogP) is -2.80. The first-order valence-corrected chi connectivity index (χ1v) is 9.00. The number of likely N-dealkylation sites (N-methyl/N-ethyl adjacent to an activating group) is 1. The van der Waals surface area contributed by atoms with E-state index >= 15 is 0 Å². The van der Waals surface area contributed by atoms with Crippen LogP contribution in [-0.2, 0) is 24.0 Å². The molecule has 148 valence electrons. The van der Waals surface area contributed by atoms with Crippen LogP contribution in [0.4, 0.5) is 0 Å². The van der Waals surface area contributed by atoms with Crippen molar-refractivity contribution in [2.24, 2.45) is 0 Å². The van der Waals surface area contributed by atoms with Gasteiger partial charge in [-0.1, -0.05) is 0 Å². The number of hydrogen-bond acceptors (Lipinski definition) is 7. The zero-order valence-electron chi connectivity index (χ0n) is 14.8. The zero-order chi connectivity index (χ0) is 20.3. The Morgan fingerprint density at radius 1 is 0.846 bits per heavy atom. The number of amides is 5. The first-order valence-electron chi connectivity index (χ1n) is 7.74. The van der Waals surface area contributed by atoms with Gasteiger partial charge in [-0.2, -0.15) is 25.3 Å². The van der Waals surface area contributed by atoms with E-state index in [0.717, 1.165) is 0 Å². The molecular weight excluding hydrogens is 382 g/mol. The third kappa shape index (κ3) is 8.94. The molecule has 0 spiro atoms. The maximum Gasteiger partial charge on any atom is 0.244 e. The van der Waals surface area contributed by atoms with Gasteiger partial charge in [0.1, 0.15) is 18.1 Å². The SMILES string of the molecule is CNC(=O)[C@H](CS)NC(=O)CNC(=O)[C@H](C)NC(=O)[C@H](CS)NC(C)=O. The number of carbonyl (C=O) groups excluding carboxylic acids is 5. The van der Waals surface area contributed by atoms with Crippen LogP contribution in [0.25, 0.3) is 0 Å². The van der Waals surface area contributed by atoms with Crippen molar-refractivity contribution in [2.45, 2.75) is 32.0 Å². The largest absolute Gasteiger partial charge is 0.357 e. The van der Waals surface area contributed by atoms with Crippen LogP contribution in [0.15, 0.2) is 0 Å². The molecule has 0 aliphatic heterocycles. The standard InChI is InChI=1S/C14H25N5O5S2/c1-7(17-14(24)10(6-26)18-8(2)20)12(22)16-4-11(21)19-9(5-25)13(23)15-3/h7,9-10,25-26H,4-6H2,1-3H3,(H,15,23)(H,16,22)(H,17,24)(H,18,20)(H,19,21)/t7-,9-,10-/m0/s1. The van der Waals surface area contributed by atoms with Crippen LogP contribution < -0.4 is 26.6 Å². The Kier molecular flexibility index (Phi) is 11.5. The Morgan fingerprint density at radius 3 is 1.85 bits per heavy atom. The molecule has 0 aliphatic carbocycles. The van der Waals surface area contributed by atoms with Gasteiger partial charge in [0, 0.05) is 25.5 Å². The van der Waals surface area contributed by atoms with Gasteiger partial charge in [0.05, 0.1) is 6.54 Å². The van der Waals surface area contributed by atoms with Gasteiger partial charge in [0.15, 0.2) is 0 Å². The van der Waals surface area contributed by atoms with Crippen molar-refractivity contribution in [3.8, 4) is 0 Å². The summed E-state index contributed by atoms with van der Waals surface area (Å²) in [5.74, 6) is -2.40. The topological polar surface area (TPSA) is 146 Å². The summed E-state index contributed by atoms with van der Waals surface area (Å²) in [7, 11) is 1.43. The minimum absolute atomic E-state index is 0.0623. The van der Waals surface area contributed by atoms with Crippen LogP contribution in [0.1, 0.15) is 13.8 Å². The van der Waals surface area contributed by atoms with Gasteiger partial charge >= 0.3 is 0 Å². The van der Waals surface area contributed by atoms with E-state index in [1.807, 2.05) is 0 Å². The summed E-state index contributed by atoms with van der Waals surface area (Å²) in [4.78, 5) is 58.2. The van der Waals surface area contributed by atoms with Crippen molar-refractivity contribution in [3.63, 3.8) is 0 Å². The van der Waals surface area contributed by atoms with Crippen molar-refractivity contribution in [1.82, 2.24) is 26.6 Å². The first-order chi connectivity index (χ1) is 12.2. The van der Waals surface area contributed by atoms with E-state index in [2.05, 4.69) is 51.8 Å². The number of nitrogens with one attached hydrogen (secondary N) is 5. The average molecular weight is 408 g/mol. The lowest BCUT2D eigenvalue weighted by atomic mass is 10.2. The highest BCUT2D eigenvalue weighted by atomic mass is 32.1. The van der Waals surface area contributed by atoms with Gasteiger partial charge in [-0.25, -0.2) is 0 Å². The zero-order valence-corrected chi connectivity index (χ0v) is 16.6. The molecule has 26 heavy (non-hydrogen) atoms. The predicted molar refractivity (Wildman–Crippen MR) is 102 cm³/mol. The molecule has 10 nitrogen and oxygen atoms in total. The lowest BCUT2D eigenvalue weighted by molar-refractivity contribution is -0.132. The maximum atomic E-state index is 12.0. The molecular formula is C14H25N5O5S2. The molecule has 0 bridgehead atoms. The van der Waals surface area contributed by atoms with E-state index in [1.165, 1.54) is 20.9 Å². The summed E-state index contributed by atoms with van der Waals surface area (Å²) in [6, 6.07) is -2.64. The number of hydrogen-bond donors (Lipinski definition) is 7. The van der Waals surface area contributed by atoms with Crippen molar-refractivity contribution < 1.29 is 24.0 Å². The van der Waals surface area contributed by atoms with Gasteiger partial charge < -0.3 is 26.6 Å². The summed E-state index contributed by atoms with van der Waals surface area (Å²) in [5, 5.41) is 12.0. The number of rotatable bonds is 10. The molecule has 5 N–H and O–H groups in total. The molecule has 0 radical (unpaired) electrons. The Bertz CT molecular complexity index is 546. The normalized spacial score (nSPS) is 13.6. The second-order valence-corrected chi connectivity index (χ2v) is 6.03. The molecule has 0 rings (SSSR count). The molecule has 0 fully saturated rings. The summed E-state index contributed by atoms with van der Waals surface area (Å²) >= 11 is 7.94. The molecule has 0 unspecified atom stereocenters. The summed E-state index contributed by atoms with van der Waals surface area (Å²) < 4.78 is 0. The molecule has 0 heterocycles. The smallest absolute Gasteiger partial charge is 0.244 e. The molecule has 0 saturated carbocycles. The molecule has 5 amide bonds. The van der Waals surface area contributed by atoms with Crippen LogP contribution in [0.3, 0.4) is 0 Å². The molecule has 0 aromatic heterocycles. The Morgan fingerprint density at radius 2 is 1.38 bits per heavy atom. The monoisotopic (exact) mass is 407 g/mol. The van der Waals surface area contributed by atoms with E-state index in [9.17, 15) is 24.0 Å². The summed E-state index contributed by atoms with van der Waals surface area (Å²) in [6.07, 6.45) is 0. The average Bonchev–Trinajstić information content (AvgIpc) is 2.60. The van der Waals surface area contributed by atoms with E-state index in [4.69, 9.17) is 0 Å². The third-order valence-electron chi connectivity index (χ3n) is 3.13. The van der Waals surface area contributed by atoms with E-state index in [1.54, 1.807) is 0 Å². The summed E-state index contributed by atoms with van der Waals surface area (Å²) in [6.45, 7) is 2.31. The maximum absolute atomic E-state index is 12.0. The fourth-order valence-electron chi connectivity index (χ4n) is 1.75. The van der Waals surface area contributed by atoms with Crippen LogP contribution in [-0.4, -0.2) is 72.8 Å². The van der Waals surface area contributed by atoms with Gasteiger partial charge in [-0.3, -0.25) is 24.0 Å². The summed E-state index contributed by atoms with van der Waals surface area (Å²) in [5.41, 5.74) is 0. The Balaban J connectivity index is 4.45. The van der Waals surface area contributed by atoms with Crippen LogP contribution >= 0.6 is 25.3 Å². The molecule has 3 atom stereocenters. The molecule has 0 aliphatic rings. The van der Waals surface area contributed by atoms with Crippen LogP contribution in [0.5, 0.6) is 0 Å². The van der Waals surface area contributed by atoms with Gasteiger partial charge in [0.2, 0.25) is 29.5 Å². The highest BCUT2D eigenvalue weighted by Gasteiger charge is 2.23. The Hall–Kier alpha value is -1.95. The van der Waals surface area contributed by atoms with Gasteiger partial charge in [0.25, 0.3) is 0 Å². The molecule has 12 heteroatoms. The lowest BCUT2D eigenvalue weighted by Gasteiger charge is -2.19. The minimum atomic E-state index is -0.939. The van der Waals surface area contributed by atoms with Crippen LogP contribution in [0, 0.1) is 0 Å². The van der Waals surface area contributed by atoms with Gasteiger partial charge in [-0.15, -0.1) is 0 Å². The van der Waals surface area contributed by atoms with E-state index in [-0.39, 0.29) is 18.1 Å². The second kappa shape index (κ2) is 12.4. The van der Waals surface area contributed by atoms with Crippen LogP contribution in [0.2, 0.25) is 0 Å².